The van der Waals surface area contributed by atoms with Gasteiger partial charge in [-0.2, -0.15) is 92.2 Å². The highest BCUT2D eigenvalue weighted by Gasteiger charge is 2.96. The summed E-state index contributed by atoms with van der Waals surface area (Å²) in [5, 5.41) is -8.40. The minimum absolute atomic E-state index is 0.571. The van der Waals surface area contributed by atoms with E-state index in [-0.39, 0.29) is 0 Å². The molecule has 0 amide bonds. The molecule has 0 aliphatic rings. The maximum atomic E-state index is 13.6. The summed E-state index contributed by atoms with van der Waals surface area (Å²) >= 11 is 0. The first-order valence-electron chi connectivity index (χ1n) is 7.57. The van der Waals surface area contributed by atoms with E-state index in [4.69, 9.17) is 0 Å². The summed E-state index contributed by atoms with van der Waals surface area (Å²) in [7, 11) is -9.14. The van der Waals surface area contributed by atoms with Crippen LogP contribution in [0.1, 0.15) is 0 Å². The fraction of sp³-hybridized carbons (Fsp3) is 1.00. The van der Waals surface area contributed by atoms with Gasteiger partial charge in [-0.1, -0.05) is 0 Å². The second kappa shape index (κ2) is 8.70. The zero-order valence-electron chi connectivity index (χ0n) is 16.1. The van der Waals surface area contributed by atoms with Gasteiger partial charge in [-0.25, -0.2) is 8.42 Å². The van der Waals surface area contributed by atoms with Crippen molar-refractivity contribution < 1.29 is 105 Å². The van der Waals surface area contributed by atoms with Crippen molar-refractivity contribution in [3.8, 4) is 0 Å². The van der Waals surface area contributed by atoms with Gasteiger partial charge in [0.2, 0.25) is 0 Å². The van der Waals surface area contributed by atoms with Crippen molar-refractivity contribution in [3.05, 3.63) is 0 Å². The number of halogens is 21. The molecule has 224 valence electrons. The van der Waals surface area contributed by atoms with Gasteiger partial charge in [-0.3, -0.25) is 0 Å². The van der Waals surface area contributed by atoms with Crippen LogP contribution >= 0.6 is 0 Å². The molecule has 26 heteroatoms. The lowest BCUT2D eigenvalue weighted by Crippen LogP contribution is -2.75. The van der Waals surface area contributed by atoms with Gasteiger partial charge in [0.1, 0.15) is 0 Å². The Labute approximate surface area is 187 Å². The summed E-state index contributed by atoms with van der Waals surface area (Å²) in [5.41, 5.74) is 0. The van der Waals surface area contributed by atoms with Gasteiger partial charge in [0.05, 0.1) is 0 Å². The Bertz CT molecular complexity index is 950. The third-order valence-electron chi connectivity index (χ3n) is 3.94. The van der Waals surface area contributed by atoms with Crippen LogP contribution in [-0.4, -0.2) is 74.6 Å². The summed E-state index contributed by atoms with van der Waals surface area (Å²) in [6.45, 7) is 0. The molecule has 0 aliphatic carbocycles. The van der Waals surface area contributed by atoms with E-state index in [0.717, 1.165) is 0 Å². The lowest BCUT2D eigenvalue weighted by atomic mass is 9.91. The summed E-state index contributed by atoms with van der Waals surface area (Å²) < 4.78 is 296. The van der Waals surface area contributed by atoms with Gasteiger partial charge in [-0.05, 0) is 0 Å². The molecule has 0 fully saturated rings. The molecule has 0 aliphatic heterocycles. The molecule has 37 heavy (non-hydrogen) atoms. The zero-order valence-corrected chi connectivity index (χ0v) is 16.9. The fourth-order valence-electron chi connectivity index (χ4n) is 1.77. The third kappa shape index (κ3) is 4.62. The fourth-order valence-corrected chi connectivity index (χ4v) is 2.91. The number of nitrogens with one attached hydrogen (secondary N) is 1. The Kier molecular flexibility index (Phi) is 8.33. The molecule has 0 saturated carbocycles. The third-order valence-corrected chi connectivity index (χ3v) is 5.40. The number of alkyl halides is 21. The minimum Gasteiger partial charge on any atom is -0.330 e. The van der Waals surface area contributed by atoms with Gasteiger partial charge in [0.25, 0.3) is 10.0 Å². The van der Waals surface area contributed by atoms with Crippen LogP contribution in [0.2, 0.25) is 0 Å². The van der Waals surface area contributed by atoms with E-state index in [1.807, 2.05) is 0 Å². The maximum Gasteiger partial charge on any atom is 0.465 e. The lowest BCUT2D eigenvalue weighted by molar-refractivity contribution is -0.458. The van der Waals surface area contributed by atoms with E-state index in [2.05, 4.69) is 4.74 Å². The SMILES string of the molecule is COC(F)(NS(=O)(=O)C(F)(F)C(F)(F)C(F)(F)C(F)(F)C(F)(F)C(F)(F)C(F)(F)C(F)(F)F)C(F)(F)F. The standard InChI is InChI=1S/C11H4F21NO3S/c1-36-11(32,9(27,28)29)33-37(34,35)10(30,31)7(22,23)5(18,19)3(14,15)2(12,13)4(16,17)6(20,21)8(24,25)26/h33H,1H3. The van der Waals surface area contributed by atoms with Crippen molar-refractivity contribution >= 4 is 10.0 Å². The Morgan fingerprint density at radius 3 is 0.973 bits per heavy atom. The van der Waals surface area contributed by atoms with E-state index in [1.165, 1.54) is 0 Å². The van der Waals surface area contributed by atoms with Crippen LogP contribution in [-0.2, 0) is 14.8 Å². The molecule has 1 unspecified atom stereocenters. The van der Waals surface area contributed by atoms with Crippen molar-refractivity contribution in [2.75, 3.05) is 7.11 Å². The topological polar surface area (TPSA) is 55.4 Å². The smallest absolute Gasteiger partial charge is 0.330 e. The van der Waals surface area contributed by atoms with E-state index in [9.17, 15) is 101 Å². The molecule has 1 atom stereocenters. The molecule has 0 aromatic carbocycles. The molecule has 0 heterocycles. The highest BCUT2D eigenvalue weighted by molar-refractivity contribution is 7.90. The lowest BCUT2D eigenvalue weighted by Gasteiger charge is -2.42. The molecule has 4 nitrogen and oxygen atoms in total. The largest absolute Gasteiger partial charge is 0.465 e. The molecule has 1 N–H and O–H groups in total. The highest BCUT2D eigenvalue weighted by Crippen LogP contribution is 2.64. The quantitative estimate of drug-likeness (QED) is 0.192. The van der Waals surface area contributed by atoms with E-state index < -0.39 is 81.0 Å². The van der Waals surface area contributed by atoms with E-state index >= 15 is 0 Å². The molecule has 0 aromatic heterocycles. The maximum absolute atomic E-state index is 13.6. The number of methoxy groups -OCH3 is 1. The van der Waals surface area contributed by atoms with Crippen molar-refractivity contribution in [2.24, 2.45) is 0 Å². The van der Waals surface area contributed by atoms with Crippen LogP contribution in [0.5, 0.6) is 0 Å². The molecule has 0 rings (SSSR count). The second-order valence-corrected chi connectivity index (χ2v) is 8.09. The first-order chi connectivity index (χ1) is 15.5. The normalized spacial score (nSPS) is 18.1. The molecule has 0 aromatic rings. The molecule has 0 spiro atoms. The number of hydrogen-bond donors (Lipinski definition) is 1. The first-order valence-corrected chi connectivity index (χ1v) is 9.06. The predicted octanol–water partition coefficient (Wildman–Crippen LogP) is 5.70. The average molecular weight is 629 g/mol. The van der Waals surface area contributed by atoms with E-state index in [1.54, 1.807) is 0 Å². The van der Waals surface area contributed by atoms with Crippen LogP contribution < -0.4 is 4.72 Å². The average Bonchev–Trinajstić information content (AvgIpc) is 2.64. The number of hydrogen-bond acceptors (Lipinski definition) is 3. The Balaban J connectivity index is 7.06. The Morgan fingerprint density at radius 2 is 0.730 bits per heavy atom. The summed E-state index contributed by atoms with van der Waals surface area (Å²) in [4.78, 5) is 0. The number of ether oxygens (including phenoxy) is 1. The molecular formula is C11H4F21NO3S. The molecule has 0 radical (unpaired) electrons. The monoisotopic (exact) mass is 629 g/mol. The van der Waals surface area contributed by atoms with Gasteiger partial charge in [0, 0.05) is 7.11 Å². The van der Waals surface area contributed by atoms with Crippen LogP contribution in [0.15, 0.2) is 0 Å². The predicted molar refractivity (Wildman–Crippen MR) is 69.6 cm³/mol. The zero-order chi connectivity index (χ0) is 30.9. The highest BCUT2D eigenvalue weighted by atomic mass is 32.2. The van der Waals surface area contributed by atoms with Crippen molar-refractivity contribution in [1.82, 2.24) is 4.72 Å². The Hall–Kier alpha value is -1.60. The summed E-state index contributed by atoms with van der Waals surface area (Å²) in [5.74, 6) is -60.0. The second-order valence-electron chi connectivity index (χ2n) is 6.36. The van der Waals surface area contributed by atoms with Gasteiger partial charge < -0.3 is 4.74 Å². The van der Waals surface area contributed by atoms with Crippen LogP contribution in [0, 0.1) is 0 Å². The van der Waals surface area contributed by atoms with Gasteiger partial charge >= 0.3 is 59.1 Å². The van der Waals surface area contributed by atoms with Crippen molar-refractivity contribution in [3.63, 3.8) is 0 Å². The van der Waals surface area contributed by atoms with Crippen LogP contribution in [0.25, 0.3) is 0 Å². The van der Waals surface area contributed by atoms with Gasteiger partial charge in [0.15, 0.2) is 0 Å². The van der Waals surface area contributed by atoms with Crippen LogP contribution in [0.4, 0.5) is 92.2 Å². The van der Waals surface area contributed by atoms with Crippen molar-refractivity contribution in [1.29, 1.82) is 0 Å². The number of rotatable bonds is 10. The first kappa shape index (κ1) is 35.4. The van der Waals surface area contributed by atoms with E-state index in [0.29, 0.717) is 0 Å². The van der Waals surface area contributed by atoms with Gasteiger partial charge in [-0.15, -0.1) is 4.72 Å². The minimum atomic E-state index is -9.20. The summed E-state index contributed by atoms with van der Waals surface area (Å²) in [6, 6.07) is 0. The Morgan fingerprint density at radius 1 is 0.459 bits per heavy atom. The van der Waals surface area contributed by atoms with Crippen molar-refractivity contribution in [2.45, 2.75) is 59.1 Å². The van der Waals surface area contributed by atoms with Crippen LogP contribution in [0.3, 0.4) is 0 Å². The molecule has 0 saturated heterocycles. The molecular weight excluding hydrogens is 625 g/mol. The summed E-state index contributed by atoms with van der Waals surface area (Å²) in [6.07, 6.45) is -15.0. The molecule has 0 bridgehead atoms. The number of sulfonamides is 1.